The van der Waals surface area contributed by atoms with Crippen molar-refractivity contribution in [2.24, 2.45) is 0 Å². The molecule has 0 aromatic carbocycles. The Morgan fingerprint density at radius 3 is 2.85 bits per heavy atom. The zero-order chi connectivity index (χ0) is 15.0. The van der Waals surface area contributed by atoms with Gasteiger partial charge in [0.1, 0.15) is 0 Å². The van der Waals surface area contributed by atoms with Gasteiger partial charge in [0, 0.05) is 24.6 Å². The summed E-state index contributed by atoms with van der Waals surface area (Å²) >= 11 is 5.14. The number of carbonyl (C=O) groups excluding carboxylic acids is 1. The number of hydrogen-bond acceptors (Lipinski definition) is 4. The SMILES string of the molecule is CC(C)OCCCNC(=O)CN(C)Cc1ccc(Br)s1. The molecule has 0 fully saturated rings. The average molecular weight is 363 g/mol. The molecule has 114 valence electrons. The van der Waals surface area contributed by atoms with Crippen LogP contribution in [-0.4, -0.2) is 43.7 Å². The minimum absolute atomic E-state index is 0.0627. The fraction of sp³-hybridized carbons (Fsp3) is 0.643. The quantitative estimate of drug-likeness (QED) is 0.686. The molecule has 1 heterocycles. The number of hydrogen-bond donors (Lipinski definition) is 1. The average Bonchev–Trinajstić information content (AvgIpc) is 2.73. The van der Waals surface area contributed by atoms with Gasteiger partial charge in [0.25, 0.3) is 0 Å². The lowest BCUT2D eigenvalue weighted by Gasteiger charge is -2.15. The molecule has 1 aromatic rings. The molecule has 4 nitrogen and oxygen atoms in total. The maximum Gasteiger partial charge on any atom is 0.234 e. The third-order valence-electron chi connectivity index (χ3n) is 2.56. The summed E-state index contributed by atoms with van der Waals surface area (Å²) < 4.78 is 6.54. The first-order chi connectivity index (χ1) is 9.47. The van der Waals surface area contributed by atoms with Crippen LogP contribution in [0.3, 0.4) is 0 Å². The van der Waals surface area contributed by atoms with Gasteiger partial charge in [0.2, 0.25) is 5.91 Å². The molecule has 1 rings (SSSR count). The van der Waals surface area contributed by atoms with Gasteiger partial charge in [-0.15, -0.1) is 11.3 Å². The molecule has 0 spiro atoms. The van der Waals surface area contributed by atoms with Gasteiger partial charge in [0.15, 0.2) is 0 Å². The molecular weight excluding hydrogens is 340 g/mol. The smallest absolute Gasteiger partial charge is 0.234 e. The van der Waals surface area contributed by atoms with Gasteiger partial charge in [-0.25, -0.2) is 0 Å². The van der Waals surface area contributed by atoms with E-state index < -0.39 is 0 Å². The first-order valence-electron chi connectivity index (χ1n) is 6.78. The fourth-order valence-corrected chi connectivity index (χ4v) is 3.24. The normalized spacial score (nSPS) is 11.3. The van der Waals surface area contributed by atoms with Gasteiger partial charge in [-0.2, -0.15) is 0 Å². The van der Waals surface area contributed by atoms with Crippen molar-refractivity contribution < 1.29 is 9.53 Å². The second-order valence-electron chi connectivity index (χ2n) is 5.00. The lowest BCUT2D eigenvalue weighted by Crippen LogP contribution is -2.35. The highest BCUT2D eigenvalue weighted by Gasteiger charge is 2.08. The maximum absolute atomic E-state index is 11.7. The first-order valence-corrected chi connectivity index (χ1v) is 8.39. The third kappa shape index (κ3) is 7.99. The maximum atomic E-state index is 11.7. The first kappa shape index (κ1) is 17.6. The van der Waals surface area contributed by atoms with Crippen molar-refractivity contribution in [2.45, 2.75) is 32.9 Å². The van der Waals surface area contributed by atoms with E-state index in [-0.39, 0.29) is 12.0 Å². The minimum atomic E-state index is 0.0627. The lowest BCUT2D eigenvalue weighted by molar-refractivity contribution is -0.122. The molecule has 1 N–H and O–H groups in total. The fourth-order valence-electron chi connectivity index (χ4n) is 1.68. The number of thiophene rings is 1. The molecule has 20 heavy (non-hydrogen) atoms. The van der Waals surface area contributed by atoms with E-state index in [1.165, 1.54) is 4.88 Å². The zero-order valence-corrected chi connectivity index (χ0v) is 14.7. The molecule has 0 aliphatic rings. The number of ether oxygens (including phenoxy) is 1. The van der Waals surface area contributed by atoms with Crippen LogP contribution in [0.5, 0.6) is 0 Å². The monoisotopic (exact) mass is 362 g/mol. The number of nitrogens with one attached hydrogen (secondary N) is 1. The van der Waals surface area contributed by atoms with Crippen LogP contribution in [-0.2, 0) is 16.1 Å². The molecular formula is C14H23BrN2O2S. The predicted octanol–water partition coefficient (Wildman–Crippen LogP) is 2.87. The number of nitrogens with zero attached hydrogens (tertiary/aromatic N) is 1. The molecule has 0 aliphatic heterocycles. The van der Waals surface area contributed by atoms with Gasteiger partial charge in [-0.05, 0) is 55.4 Å². The molecule has 0 saturated carbocycles. The number of rotatable bonds is 9. The Balaban J connectivity index is 2.12. The van der Waals surface area contributed by atoms with E-state index >= 15 is 0 Å². The second-order valence-corrected chi connectivity index (χ2v) is 7.55. The zero-order valence-electron chi connectivity index (χ0n) is 12.3. The van der Waals surface area contributed by atoms with Crippen molar-refractivity contribution >= 4 is 33.2 Å². The molecule has 0 bridgehead atoms. The topological polar surface area (TPSA) is 41.6 Å². The molecule has 1 amide bonds. The summed E-state index contributed by atoms with van der Waals surface area (Å²) in [5.74, 6) is 0.0627. The molecule has 0 atom stereocenters. The van der Waals surface area contributed by atoms with E-state index in [4.69, 9.17) is 4.74 Å². The molecule has 1 aromatic heterocycles. The van der Waals surface area contributed by atoms with Crippen LogP contribution in [0.4, 0.5) is 0 Å². The van der Waals surface area contributed by atoms with E-state index in [2.05, 4.69) is 27.3 Å². The van der Waals surface area contributed by atoms with Gasteiger partial charge in [0.05, 0.1) is 16.4 Å². The van der Waals surface area contributed by atoms with E-state index in [1.807, 2.05) is 31.9 Å². The van der Waals surface area contributed by atoms with Gasteiger partial charge >= 0.3 is 0 Å². The Bertz CT molecular complexity index is 410. The van der Waals surface area contributed by atoms with E-state index in [9.17, 15) is 4.79 Å². The van der Waals surface area contributed by atoms with Crippen LogP contribution in [0.15, 0.2) is 15.9 Å². The molecule has 0 unspecified atom stereocenters. The summed E-state index contributed by atoms with van der Waals surface area (Å²) in [6.07, 6.45) is 1.10. The second kappa shape index (κ2) is 9.50. The van der Waals surface area contributed by atoms with Crippen LogP contribution in [0.25, 0.3) is 0 Å². The Morgan fingerprint density at radius 1 is 1.50 bits per heavy atom. The van der Waals surface area contributed by atoms with Crippen molar-refractivity contribution in [3.05, 3.63) is 20.8 Å². The summed E-state index contributed by atoms with van der Waals surface area (Å²) in [5.41, 5.74) is 0. The molecule has 6 heteroatoms. The minimum Gasteiger partial charge on any atom is -0.379 e. The molecule has 0 radical (unpaired) electrons. The van der Waals surface area contributed by atoms with E-state index in [0.29, 0.717) is 19.7 Å². The van der Waals surface area contributed by atoms with E-state index in [1.54, 1.807) is 11.3 Å². The summed E-state index contributed by atoms with van der Waals surface area (Å²) in [7, 11) is 1.95. The van der Waals surface area contributed by atoms with Crippen molar-refractivity contribution in [1.82, 2.24) is 10.2 Å². The Morgan fingerprint density at radius 2 is 2.25 bits per heavy atom. The summed E-state index contributed by atoms with van der Waals surface area (Å²) in [6.45, 7) is 6.59. The van der Waals surface area contributed by atoms with Crippen molar-refractivity contribution in [2.75, 3.05) is 26.7 Å². The van der Waals surface area contributed by atoms with Crippen LogP contribution in [0, 0.1) is 0 Å². The standard InChI is InChI=1S/C14H23BrN2O2S/c1-11(2)19-8-4-7-16-14(18)10-17(3)9-12-5-6-13(15)20-12/h5-6,11H,4,7-10H2,1-3H3,(H,16,18). The lowest BCUT2D eigenvalue weighted by atomic mass is 10.4. The highest BCUT2D eigenvalue weighted by Crippen LogP contribution is 2.22. The van der Waals surface area contributed by atoms with Crippen LogP contribution in [0.2, 0.25) is 0 Å². The van der Waals surface area contributed by atoms with E-state index in [0.717, 1.165) is 16.8 Å². The Kier molecular flexibility index (Phi) is 8.37. The van der Waals surface area contributed by atoms with Crippen LogP contribution >= 0.6 is 27.3 Å². The van der Waals surface area contributed by atoms with Crippen LogP contribution in [0.1, 0.15) is 25.1 Å². The highest BCUT2D eigenvalue weighted by molar-refractivity contribution is 9.11. The summed E-state index contributed by atoms with van der Waals surface area (Å²) in [6, 6.07) is 4.11. The van der Waals surface area contributed by atoms with Crippen molar-refractivity contribution in [3.63, 3.8) is 0 Å². The van der Waals surface area contributed by atoms with Crippen LogP contribution < -0.4 is 5.32 Å². The Labute approximate surface area is 133 Å². The highest BCUT2D eigenvalue weighted by atomic mass is 79.9. The van der Waals surface area contributed by atoms with Gasteiger partial charge in [-0.1, -0.05) is 0 Å². The predicted molar refractivity (Wildman–Crippen MR) is 87.1 cm³/mol. The summed E-state index contributed by atoms with van der Waals surface area (Å²) in [4.78, 5) is 15.0. The van der Waals surface area contributed by atoms with Crippen molar-refractivity contribution in [1.29, 1.82) is 0 Å². The third-order valence-corrected chi connectivity index (χ3v) is 4.17. The number of amides is 1. The number of halogens is 1. The molecule has 0 aliphatic carbocycles. The number of carbonyl (C=O) groups is 1. The van der Waals surface area contributed by atoms with Gasteiger partial charge in [-0.3, -0.25) is 9.69 Å². The largest absolute Gasteiger partial charge is 0.379 e. The Hall–Kier alpha value is -0.430. The van der Waals surface area contributed by atoms with Gasteiger partial charge < -0.3 is 10.1 Å². The van der Waals surface area contributed by atoms with Crippen molar-refractivity contribution in [3.8, 4) is 0 Å². The molecule has 0 saturated heterocycles. The summed E-state index contributed by atoms with van der Waals surface area (Å²) in [5, 5.41) is 2.91. The number of likely N-dealkylation sites (N-methyl/N-ethyl adjacent to an activating group) is 1.